The number of allylic oxidation sites excluding steroid dienone is 1. The van der Waals surface area contributed by atoms with Gasteiger partial charge in [-0.25, -0.2) is 0 Å². The highest BCUT2D eigenvalue weighted by atomic mass is 16.1. The van der Waals surface area contributed by atoms with E-state index in [0.717, 1.165) is 11.8 Å². The number of aldehydes is 1. The monoisotopic (exact) mass is 250 g/mol. The van der Waals surface area contributed by atoms with Crippen LogP contribution >= 0.6 is 0 Å². The second-order valence-electron chi connectivity index (χ2n) is 4.27. The Morgan fingerprint density at radius 2 is 1.47 bits per heavy atom. The predicted octanol–water partition coefficient (Wildman–Crippen LogP) is 3.79. The molecule has 0 fully saturated rings. The Hall–Kier alpha value is -2.48. The van der Waals surface area contributed by atoms with E-state index < -0.39 is 0 Å². The van der Waals surface area contributed by atoms with E-state index >= 15 is 0 Å². The Labute approximate surface area is 112 Å². The van der Waals surface area contributed by atoms with Crippen LogP contribution in [0.25, 0.3) is 6.08 Å². The second-order valence-corrected chi connectivity index (χ2v) is 4.27. The van der Waals surface area contributed by atoms with Crippen molar-refractivity contribution in [1.82, 2.24) is 0 Å². The highest BCUT2D eigenvalue weighted by Gasteiger charge is 2.08. The Kier molecular flexibility index (Phi) is 4.04. The first-order valence-electron chi connectivity index (χ1n) is 6.04. The summed E-state index contributed by atoms with van der Waals surface area (Å²) in [5, 5.41) is 0. The fraction of sp³-hybridized carbons (Fsp3) is 0.0588. The lowest BCUT2D eigenvalue weighted by Crippen LogP contribution is -2.00. The molecule has 2 heteroatoms. The topological polar surface area (TPSA) is 34.1 Å². The standard InChI is InChI=1S/C17H14O2/c1-13(17(19)14-7-3-2-4-8-14)11-15-9-5-6-10-16(15)12-18/h2-12H,1H3/b13-11+. The molecule has 0 atom stereocenters. The van der Waals surface area contributed by atoms with Crippen LogP contribution in [0.1, 0.15) is 33.2 Å². The molecule has 94 valence electrons. The zero-order valence-electron chi connectivity index (χ0n) is 10.7. The molecule has 0 radical (unpaired) electrons. The molecule has 2 nitrogen and oxygen atoms in total. The van der Waals surface area contributed by atoms with Gasteiger partial charge in [-0.15, -0.1) is 0 Å². The van der Waals surface area contributed by atoms with Crippen molar-refractivity contribution in [2.45, 2.75) is 6.92 Å². The van der Waals surface area contributed by atoms with Gasteiger partial charge in [0.15, 0.2) is 12.1 Å². The van der Waals surface area contributed by atoms with Gasteiger partial charge in [-0.05, 0) is 24.1 Å². The molecule has 2 aromatic carbocycles. The van der Waals surface area contributed by atoms with E-state index in [4.69, 9.17) is 0 Å². The zero-order chi connectivity index (χ0) is 13.7. The summed E-state index contributed by atoms with van der Waals surface area (Å²) in [5.41, 5.74) is 2.61. The van der Waals surface area contributed by atoms with E-state index in [1.54, 1.807) is 37.3 Å². The van der Waals surface area contributed by atoms with Crippen LogP contribution in [0.5, 0.6) is 0 Å². The van der Waals surface area contributed by atoms with Crippen molar-refractivity contribution >= 4 is 18.1 Å². The first-order chi connectivity index (χ1) is 9.22. The van der Waals surface area contributed by atoms with Crippen LogP contribution in [-0.4, -0.2) is 12.1 Å². The molecule has 0 N–H and O–H groups in total. The Balaban J connectivity index is 2.33. The molecule has 0 aliphatic carbocycles. The summed E-state index contributed by atoms with van der Waals surface area (Å²) in [6, 6.07) is 16.3. The lowest BCUT2D eigenvalue weighted by Gasteiger charge is -2.03. The van der Waals surface area contributed by atoms with Crippen molar-refractivity contribution in [1.29, 1.82) is 0 Å². The van der Waals surface area contributed by atoms with Crippen LogP contribution in [0.15, 0.2) is 60.2 Å². The number of hydrogen-bond donors (Lipinski definition) is 0. The number of carbonyl (C=O) groups excluding carboxylic acids is 2. The number of hydrogen-bond acceptors (Lipinski definition) is 2. The smallest absolute Gasteiger partial charge is 0.188 e. The maximum Gasteiger partial charge on any atom is 0.188 e. The highest BCUT2D eigenvalue weighted by molar-refractivity contribution is 6.11. The summed E-state index contributed by atoms with van der Waals surface area (Å²) < 4.78 is 0. The molecule has 0 unspecified atom stereocenters. The van der Waals surface area contributed by atoms with Gasteiger partial charge in [0, 0.05) is 11.1 Å². The summed E-state index contributed by atoms with van der Waals surface area (Å²) in [6.07, 6.45) is 2.55. The van der Waals surface area contributed by atoms with Crippen LogP contribution in [0.2, 0.25) is 0 Å². The maximum atomic E-state index is 12.2. The molecule has 0 aliphatic rings. The lowest BCUT2D eigenvalue weighted by atomic mass is 10.0. The minimum absolute atomic E-state index is 0.0266. The first-order valence-corrected chi connectivity index (χ1v) is 6.04. The highest BCUT2D eigenvalue weighted by Crippen LogP contribution is 2.14. The van der Waals surface area contributed by atoms with Crippen molar-refractivity contribution in [2.24, 2.45) is 0 Å². The second kappa shape index (κ2) is 5.91. The van der Waals surface area contributed by atoms with Crippen molar-refractivity contribution in [3.8, 4) is 0 Å². The average Bonchev–Trinajstić information content (AvgIpc) is 2.48. The molecular weight excluding hydrogens is 236 g/mol. The quantitative estimate of drug-likeness (QED) is 0.470. The number of rotatable bonds is 4. The first kappa shape index (κ1) is 13.0. The molecule has 0 amide bonds. The van der Waals surface area contributed by atoms with Crippen LogP contribution in [0.3, 0.4) is 0 Å². The van der Waals surface area contributed by atoms with Crippen LogP contribution in [0.4, 0.5) is 0 Å². The number of ketones is 1. The predicted molar refractivity (Wildman–Crippen MR) is 76.3 cm³/mol. The summed E-state index contributed by atoms with van der Waals surface area (Å²) >= 11 is 0. The van der Waals surface area contributed by atoms with E-state index in [9.17, 15) is 9.59 Å². The van der Waals surface area contributed by atoms with E-state index in [-0.39, 0.29) is 5.78 Å². The summed E-state index contributed by atoms with van der Waals surface area (Å²) in [5.74, 6) is -0.0266. The van der Waals surface area contributed by atoms with Gasteiger partial charge in [0.25, 0.3) is 0 Å². The average molecular weight is 250 g/mol. The zero-order valence-corrected chi connectivity index (χ0v) is 10.7. The van der Waals surface area contributed by atoms with Gasteiger partial charge in [0.05, 0.1) is 0 Å². The van der Waals surface area contributed by atoms with Crippen LogP contribution in [-0.2, 0) is 0 Å². The molecular formula is C17H14O2. The molecule has 0 saturated heterocycles. The van der Waals surface area contributed by atoms with Gasteiger partial charge in [-0.1, -0.05) is 54.6 Å². The SMILES string of the molecule is C/C(=C\c1ccccc1C=O)C(=O)c1ccccc1. The van der Waals surface area contributed by atoms with Gasteiger partial charge in [0.2, 0.25) is 0 Å². The van der Waals surface area contributed by atoms with Crippen molar-refractivity contribution in [3.63, 3.8) is 0 Å². The molecule has 0 spiro atoms. The fourth-order valence-electron chi connectivity index (χ4n) is 1.87. The molecule has 2 rings (SSSR count). The summed E-state index contributed by atoms with van der Waals surface area (Å²) in [6.45, 7) is 1.76. The van der Waals surface area contributed by atoms with Crippen molar-refractivity contribution in [2.75, 3.05) is 0 Å². The fourth-order valence-corrected chi connectivity index (χ4v) is 1.87. The number of benzene rings is 2. The normalized spacial score (nSPS) is 11.1. The van der Waals surface area contributed by atoms with Gasteiger partial charge in [0.1, 0.15) is 0 Å². The minimum atomic E-state index is -0.0266. The molecule has 2 aromatic rings. The number of Topliss-reactive ketones (excluding diaryl/α,β-unsaturated/α-hetero) is 1. The van der Waals surface area contributed by atoms with Gasteiger partial charge >= 0.3 is 0 Å². The Morgan fingerprint density at radius 3 is 2.11 bits per heavy atom. The van der Waals surface area contributed by atoms with Crippen LogP contribution < -0.4 is 0 Å². The van der Waals surface area contributed by atoms with E-state index in [1.165, 1.54) is 0 Å². The largest absolute Gasteiger partial charge is 0.298 e. The molecule has 0 aromatic heterocycles. The van der Waals surface area contributed by atoms with Crippen molar-refractivity contribution in [3.05, 3.63) is 76.9 Å². The third-order valence-electron chi connectivity index (χ3n) is 2.89. The Morgan fingerprint density at radius 1 is 0.895 bits per heavy atom. The molecule has 0 saturated carbocycles. The van der Waals surface area contributed by atoms with E-state index in [0.29, 0.717) is 16.7 Å². The minimum Gasteiger partial charge on any atom is -0.298 e. The van der Waals surface area contributed by atoms with Crippen LogP contribution in [0, 0.1) is 0 Å². The van der Waals surface area contributed by atoms with Gasteiger partial charge in [-0.3, -0.25) is 9.59 Å². The Bertz CT molecular complexity index is 625. The summed E-state index contributed by atoms with van der Waals surface area (Å²) in [7, 11) is 0. The lowest BCUT2D eigenvalue weighted by molar-refractivity contribution is 0.103. The molecule has 19 heavy (non-hydrogen) atoms. The van der Waals surface area contributed by atoms with Crippen molar-refractivity contribution < 1.29 is 9.59 Å². The maximum absolute atomic E-state index is 12.2. The third kappa shape index (κ3) is 3.05. The van der Waals surface area contributed by atoms with Gasteiger partial charge in [-0.2, -0.15) is 0 Å². The molecule has 0 heterocycles. The van der Waals surface area contributed by atoms with E-state index in [2.05, 4.69) is 0 Å². The summed E-state index contributed by atoms with van der Waals surface area (Å²) in [4.78, 5) is 23.1. The third-order valence-corrected chi connectivity index (χ3v) is 2.89. The molecule has 0 aliphatic heterocycles. The molecule has 0 bridgehead atoms. The van der Waals surface area contributed by atoms with Gasteiger partial charge < -0.3 is 0 Å². The van der Waals surface area contributed by atoms with E-state index in [1.807, 2.05) is 30.3 Å². The number of carbonyl (C=O) groups is 2.